The number of rotatable bonds is 9. The van der Waals surface area contributed by atoms with Gasteiger partial charge in [-0.2, -0.15) is 0 Å². The van der Waals surface area contributed by atoms with E-state index in [1.165, 1.54) is 25.9 Å². The van der Waals surface area contributed by atoms with Gasteiger partial charge >= 0.3 is 0 Å². The van der Waals surface area contributed by atoms with E-state index in [9.17, 15) is 9.59 Å². The summed E-state index contributed by atoms with van der Waals surface area (Å²) in [6.07, 6.45) is 12.9. The quantitative estimate of drug-likeness (QED) is 0.424. The third-order valence-electron chi connectivity index (χ3n) is 8.06. The van der Waals surface area contributed by atoms with Gasteiger partial charge in [-0.05, 0) is 81.5 Å². The number of nitrogens with one attached hydrogen (secondary N) is 2. The highest BCUT2D eigenvalue weighted by Crippen LogP contribution is 2.72. The smallest absolute Gasteiger partial charge is 0.228 e. The van der Waals surface area contributed by atoms with E-state index in [0.717, 1.165) is 32.2 Å². The van der Waals surface area contributed by atoms with Crippen LogP contribution in [0.3, 0.4) is 0 Å². The van der Waals surface area contributed by atoms with Crippen molar-refractivity contribution in [1.82, 2.24) is 15.2 Å². The molecule has 5 rings (SSSR count). The topological polar surface area (TPSA) is 83.6 Å². The number of hydrogen-bond acceptors (Lipinski definition) is 5. The van der Waals surface area contributed by atoms with Crippen LogP contribution < -0.4 is 15.4 Å². The number of carbonyl (C=O) groups is 2. The van der Waals surface area contributed by atoms with Crippen LogP contribution in [0.15, 0.2) is 30.5 Å². The maximum absolute atomic E-state index is 13.3. The molecule has 2 saturated carbocycles. The second kappa shape index (κ2) is 10.0. The molecule has 2 N–H and O–H groups in total. The minimum atomic E-state index is -0.320. The van der Waals surface area contributed by atoms with Crippen molar-refractivity contribution in [3.05, 3.63) is 30.5 Å². The third-order valence-corrected chi connectivity index (χ3v) is 8.06. The fourth-order valence-corrected chi connectivity index (χ4v) is 6.31. The van der Waals surface area contributed by atoms with E-state index in [2.05, 4.69) is 32.7 Å². The van der Waals surface area contributed by atoms with Gasteiger partial charge in [0.25, 0.3) is 0 Å². The Morgan fingerprint density at radius 3 is 2.39 bits per heavy atom. The monoisotopic (exact) mass is 474 g/mol. The molecule has 180 valence electrons. The normalized spacial score (nSPS) is 28.5. The standard InChI is InChI=1S/C25H34N4O3.ClH/c1-32-20-9-6-17(16-27-20)28-24(31)22-19-8-7-18(25(19)10-11-25)21(22)23(30)26-12-2-3-13-29-14-4-5-15-29;/h6-9,16,18-19,21-22H,2-5,10-15H2,1H3,(H,26,30)(H,28,31);1H/t18-,19+,21-,22-;/m1./s1. The first-order valence-electron chi connectivity index (χ1n) is 12.1. The maximum Gasteiger partial charge on any atom is 0.228 e. The van der Waals surface area contributed by atoms with Crippen LogP contribution in [0.2, 0.25) is 0 Å². The summed E-state index contributed by atoms with van der Waals surface area (Å²) in [5.74, 6) is 0.212. The summed E-state index contributed by atoms with van der Waals surface area (Å²) in [5.41, 5.74) is 0.770. The van der Waals surface area contributed by atoms with Crippen molar-refractivity contribution in [3.8, 4) is 5.88 Å². The average Bonchev–Trinajstić information content (AvgIpc) is 3.16. The van der Waals surface area contributed by atoms with Gasteiger partial charge in [0.1, 0.15) is 0 Å². The number of likely N-dealkylation sites (tertiary alicyclic amines) is 1. The van der Waals surface area contributed by atoms with Gasteiger partial charge in [-0.25, -0.2) is 4.98 Å². The van der Waals surface area contributed by atoms with E-state index < -0.39 is 0 Å². The average molecular weight is 475 g/mol. The summed E-state index contributed by atoms with van der Waals surface area (Å²) >= 11 is 0. The van der Waals surface area contributed by atoms with Crippen LogP contribution >= 0.6 is 12.4 Å². The third kappa shape index (κ3) is 4.62. The number of ether oxygens (including phenoxy) is 1. The molecule has 3 aliphatic carbocycles. The molecule has 1 aliphatic heterocycles. The van der Waals surface area contributed by atoms with Crippen molar-refractivity contribution in [1.29, 1.82) is 0 Å². The SMILES string of the molecule is COc1ccc(NC(=O)[C@H]2[C@H](C(=O)NCCCCN3CCCC3)[C@H]3C=C[C@@H]2C32CC2)cn1.Cl. The molecule has 7 nitrogen and oxygen atoms in total. The highest BCUT2D eigenvalue weighted by atomic mass is 35.5. The number of anilines is 1. The zero-order chi connectivity index (χ0) is 22.1. The van der Waals surface area contributed by atoms with Gasteiger partial charge < -0.3 is 20.3 Å². The van der Waals surface area contributed by atoms with Crippen LogP contribution in [0.1, 0.15) is 38.5 Å². The van der Waals surface area contributed by atoms with Gasteiger partial charge in [-0.1, -0.05) is 12.2 Å². The van der Waals surface area contributed by atoms with E-state index in [1.807, 2.05) is 0 Å². The lowest BCUT2D eigenvalue weighted by molar-refractivity contribution is -0.132. The van der Waals surface area contributed by atoms with Crippen LogP contribution in [0, 0.1) is 29.1 Å². The van der Waals surface area contributed by atoms with E-state index in [1.54, 1.807) is 25.4 Å². The molecule has 0 radical (unpaired) electrons. The number of pyridine rings is 1. The van der Waals surface area contributed by atoms with Gasteiger partial charge in [-0.3, -0.25) is 9.59 Å². The molecule has 33 heavy (non-hydrogen) atoms. The number of amides is 2. The molecule has 3 fully saturated rings. The summed E-state index contributed by atoms with van der Waals surface area (Å²) in [6, 6.07) is 3.51. The fraction of sp³-hybridized carbons (Fsp3) is 0.640. The lowest BCUT2D eigenvalue weighted by atomic mass is 9.81. The van der Waals surface area contributed by atoms with E-state index in [-0.39, 0.29) is 53.3 Å². The van der Waals surface area contributed by atoms with Crippen molar-refractivity contribution in [3.63, 3.8) is 0 Å². The summed E-state index contributed by atoms with van der Waals surface area (Å²) in [7, 11) is 1.56. The van der Waals surface area contributed by atoms with Crippen LogP contribution in [-0.4, -0.2) is 55.0 Å². The minimum absolute atomic E-state index is 0. The first-order chi connectivity index (χ1) is 15.6. The number of methoxy groups -OCH3 is 1. The molecule has 0 unspecified atom stereocenters. The lowest BCUT2D eigenvalue weighted by Crippen LogP contribution is -2.42. The summed E-state index contributed by atoms with van der Waals surface area (Å²) in [5, 5.41) is 6.17. The Bertz CT molecular complexity index is 880. The Kier molecular flexibility index (Phi) is 7.29. The van der Waals surface area contributed by atoms with Crippen molar-refractivity contribution in [2.45, 2.75) is 38.5 Å². The zero-order valence-corrected chi connectivity index (χ0v) is 20.1. The first-order valence-corrected chi connectivity index (χ1v) is 12.1. The highest BCUT2D eigenvalue weighted by molar-refractivity contribution is 5.97. The van der Waals surface area contributed by atoms with E-state index >= 15 is 0 Å². The Morgan fingerprint density at radius 2 is 1.79 bits per heavy atom. The molecule has 1 aromatic rings. The first kappa shape index (κ1) is 24.0. The molecule has 0 aromatic carbocycles. The van der Waals surface area contributed by atoms with Gasteiger partial charge in [0, 0.05) is 12.6 Å². The predicted octanol–water partition coefficient (Wildman–Crippen LogP) is 3.27. The van der Waals surface area contributed by atoms with Crippen LogP contribution in [0.4, 0.5) is 5.69 Å². The summed E-state index contributed by atoms with van der Waals surface area (Å²) in [6.45, 7) is 4.24. The molecule has 2 bridgehead atoms. The van der Waals surface area contributed by atoms with Gasteiger partial charge in [0.05, 0.1) is 30.8 Å². The molecule has 1 saturated heterocycles. The van der Waals surface area contributed by atoms with Gasteiger partial charge in [0.15, 0.2) is 0 Å². The molecular weight excluding hydrogens is 440 g/mol. The number of carbonyl (C=O) groups excluding carboxylic acids is 2. The predicted molar refractivity (Wildman–Crippen MR) is 129 cm³/mol. The Balaban J connectivity index is 0.00000259. The van der Waals surface area contributed by atoms with Crippen molar-refractivity contribution in [2.75, 3.05) is 38.6 Å². The molecule has 2 heterocycles. The van der Waals surface area contributed by atoms with Crippen molar-refractivity contribution < 1.29 is 14.3 Å². The molecule has 4 atom stereocenters. The fourth-order valence-electron chi connectivity index (χ4n) is 6.31. The second-order valence-corrected chi connectivity index (χ2v) is 9.85. The van der Waals surface area contributed by atoms with Gasteiger partial charge in [0.2, 0.25) is 17.7 Å². The van der Waals surface area contributed by atoms with Crippen molar-refractivity contribution in [2.24, 2.45) is 29.1 Å². The minimum Gasteiger partial charge on any atom is -0.481 e. The maximum atomic E-state index is 13.3. The second-order valence-electron chi connectivity index (χ2n) is 9.85. The lowest BCUT2D eigenvalue weighted by Gasteiger charge is -2.26. The Labute approximate surface area is 202 Å². The largest absolute Gasteiger partial charge is 0.481 e. The Morgan fingerprint density at radius 1 is 1.09 bits per heavy atom. The molecule has 4 aliphatic rings. The highest BCUT2D eigenvalue weighted by Gasteiger charge is 2.69. The number of allylic oxidation sites excluding steroid dienone is 2. The molecule has 8 heteroatoms. The summed E-state index contributed by atoms with van der Waals surface area (Å²) in [4.78, 5) is 33.3. The van der Waals surface area contributed by atoms with Crippen molar-refractivity contribution >= 4 is 29.9 Å². The number of halogens is 1. The number of aromatic nitrogens is 1. The zero-order valence-electron chi connectivity index (χ0n) is 19.3. The van der Waals surface area contributed by atoms with E-state index in [0.29, 0.717) is 18.1 Å². The van der Waals surface area contributed by atoms with E-state index in [4.69, 9.17) is 4.74 Å². The molecular formula is C25H35ClN4O3. The Hall–Kier alpha value is -2.12. The number of nitrogens with zero attached hydrogens (tertiary/aromatic N) is 2. The number of hydrogen-bond donors (Lipinski definition) is 2. The van der Waals surface area contributed by atoms with Crippen LogP contribution in [0.5, 0.6) is 5.88 Å². The molecule has 1 aromatic heterocycles. The molecule has 2 amide bonds. The molecule has 1 spiro atoms. The number of unbranched alkanes of at least 4 members (excludes halogenated alkanes) is 1. The summed E-state index contributed by atoms with van der Waals surface area (Å²) < 4.78 is 5.09. The van der Waals surface area contributed by atoms with Crippen LogP contribution in [0.25, 0.3) is 0 Å². The van der Waals surface area contributed by atoms with Crippen LogP contribution in [-0.2, 0) is 9.59 Å². The van der Waals surface area contributed by atoms with Gasteiger partial charge in [-0.15, -0.1) is 12.4 Å².